The monoisotopic (exact) mass is 397 g/mol. The number of hydrogen-bond acceptors (Lipinski definition) is 4. The molecule has 1 aliphatic rings. The van der Waals surface area contributed by atoms with Crippen LogP contribution in [0.3, 0.4) is 0 Å². The molecule has 0 atom stereocenters. The molecule has 1 aliphatic carbocycles. The van der Waals surface area contributed by atoms with Gasteiger partial charge in [0, 0.05) is 18.4 Å². The molecule has 26 heavy (non-hydrogen) atoms. The van der Waals surface area contributed by atoms with Gasteiger partial charge in [-0.25, -0.2) is 17.8 Å². The zero-order valence-corrected chi connectivity index (χ0v) is 15.8. The third-order valence-corrected chi connectivity index (χ3v) is 6.15. The van der Waals surface area contributed by atoms with Gasteiger partial charge >= 0.3 is 0 Å². The van der Waals surface area contributed by atoms with Crippen molar-refractivity contribution in [1.82, 2.24) is 4.98 Å². The zero-order chi connectivity index (χ0) is 18.6. The Balaban J connectivity index is 1.61. The Bertz CT molecular complexity index is 870. The van der Waals surface area contributed by atoms with Crippen LogP contribution in [0.5, 0.6) is 0 Å². The van der Waals surface area contributed by atoms with Gasteiger partial charge in [0.25, 0.3) is 0 Å². The Morgan fingerprint density at radius 1 is 1.19 bits per heavy atom. The highest BCUT2D eigenvalue weighted by atomic mass is 35.5. The molecule has 1 fully saturated rings. The molecule has 0 radical (unpaired) electrons. The summed E-state index contributed by atoms with van der Waals surface area (Å²) in [5.74, 6) is 0.214. The molecule has 0 spiro atoms. The van der Waals surface area contributed by atoms with Crippen LogP contribution in [-0.2, 0) is 16.6 Å². The van der Waals surface area contributed by atoms with Gasteiger partial charge in [0.05, 0.1) is 10.8 Å². The minimum Gasteiger partial charge on any atom is -0.381 e. The number of rotatable bonds is 7. The van der Waals surface area contributed by atoms with Gasteiger partial charge in [0.1, 0.15) is 11.6 Å². The topological polar surface area (TPSA) is 71.1 Å². The van der Waals surface area contributed by atoms with Crippen molar-refractivity contribution < 1.29 is 12.8 Å². The van der Waals surface area contributed by atoms with Gasteiger partial charge in [-0.3, -0.25) is 4.72 Å². The molecule has 5 nitrogen and oxygen atoms in total. The van der Waals surface area contributed by atoms with Crippen LogP contribution in [0.2, 0.25) is 5.02 Å². The summed E-state index contributed by atoms with van der Waals surface area (Å²) < 4.78 is 40.3. The lowest BCUT2D eigenvalue weighted by atomic mass is 10.1. The first-order valence-corrected chi connectivity index (χ1v) is 10.6. The summed E-state index contributed by atoms with van der Waals surface area (Å²) in [4.78, 5) is 4.09. The SMILES string of the molecule is O=S(=O)(CC1CCCC1)Nc1cc(CNc2ccc(F)c(Cl)c2)ccn1. The molecule has 3 rings (SSSR count). The third kappa shape index (κ3) is 5.32. The lowest BCUT2D eigenvalue weighted by molar-refractivity contribution is 0.563. The minimum atomic E-state index is -3.40. The molecule has 140 valence electrons. The lowest BCUT2D eigenvalue weighted by Crippen LogP contribution is -2.22. The molecule has 1 aromatic carbocycles. The van der Waals surface area contributed by atoms with E-state index in [1.807, 2.05) is 0 Å². The minimum absolute atomic E-state index is 0.0464. The van der Waals surface area contributed by atoms with Gasteiger partial charge in [0.2, 0.25) is 10.0 Å². The predicted octanol–water partition coefficient (Wildman–Crippen LogP) is 4.42. The van der Waals surface area contributed by atoms with Crippen molar-refractivity contribution in [2.45, 2.75) is 32.2 Å². The van der Waals surface area contributed by atoms with Crippen molar-refractivity contribution in [3.8, 4) is 0 Å². The summed E-state index contributed by atoms with van der Waals surface area (Å²) in [7, 11) is -3.40. The summed E-state index contributed by atoms with van der Waals surface area (Å²) in [6.07, 6.45) is 5.71. The number of sulfonamides is 1. The van der Waals surface area contributed by atoms with Crippen LogP contribution in [0.1, 0.15) is 31.2 Å². The Morgan fingerprint density at radius 3 is 2.69 bits per heavy atom. The highest BCUT2D eigenvalue weighted by molar-refractivity contribution is 7.92. The third-order valence-electron chi connectivity index (χ3n) is 4.43. The van der Waals surface area contributed by atoms with Crippen molar-refractivity contribution >= 4 is 33.1 Å². The molecule has 1 aromatic heterocycles. The maximum Gasteiger partial charge on any atom is 0.234 e. The van der Waals surface area contributed by atoms with Gasteiger partial charge in [-0.15, -0.1) is 0 Å². The largest absolute Gasteiger partial charge is 0.381 e. The number of halogens is 2. The van der Waals surface area contributed by atoms with E-state index in [0.29, 0.717) is 18.1 Å². The van der Waals surface area contributed by atoms with E-state index < -0.39 is 15.8 Å². The first kappa shape index (κ1) is 18.9. The van der Waals surface area contributed by atoms with Gasteiger partial charge < -0.3 is 5.32 Å². The zero-order valence-electron chi connectivity index (χ0n) is 14.2. The van der Waals surface area contributed by atoms with E-state index in [9.17, 15) is 12.8 Å². The molecule has 0 unspecified atom stereocenters. The van der Waals surface area contributed by atoms with E-state index in [2.05, 4.69) is 15.0 Å². The van der Waals surface area contributed by atoms with Crippen LogP contribution >= 0.6 is 11.6 Å². The number of aromatic nitrogens is 1. The molecule has 0 amide bonds. The first-order valence-electron chi connectivity index (χ1n) is 8.56. The molecule has 2 aromatic rings. The van der Waals surface area contributed by atoms with Crippen LogP contribution in [0.25, 0.3) is 0 Å². The van der Waals surface area contributed by atoms with Crippen molar-refractivity contribution in [3.63, 3.8) is 0 Å². The van der Waals surface area contributed by atoms with Crippen LogP contribution in [0.4, 0.5) is 15.9 Å². The highest BCUT2D eigenvalue weighted by Crippen LogP contribution is 2.26. The molecular weight excluding hydrogens is 377 g/mol. The van der Waals surface area contributed by atoms with E-state index in [-0.39, 0.29) is 16.7 Å². The maximum absolute atomic E-state index is 13.2. The van der Waals surface area contributed by atoms with Crippen molar-refractivity contribution in [1.29, 1.82) is 0 Å². The molecule has 0 saturated heterocycles. The summed E-state index contributed by atoms with van der Waals surface area (Å²) in [5, 5.41) is 3.17. The number of hydrogen-bond donors (Lipinski definition) is 2. The first-order chi connectivity index (χ1) is 12.4. The van der Waals surface area contributed by atoms with Crippen LogP contribution in [0, 0.1) is 11.7 Å². The van der Waals surface area contributed by atoms with Crippen LogP contribution in [0.15, 0.2) is 36.5 Å². The van der Waals surface area contributed by atoms with Crippen molar-refractivity contribution in [2.75, 3.05) is 15.8 Å². The van der Waals surface area contributed by atoms with Crippen molar-refractivity contribution in [2.24, 2.45) is 5.92 Å². The number of benzene rings is 1. The van der Waals surface area contributed by atoms with E-state index in [1.165, 1.54) is 12.1 Å². The molecule has 2 N–H and O–H groups in total. The van der Waals surface area contributed by atoms with Crippen LogP contribution in [-0.4, -0.2) is 19.2 Å². The number of nitrogens with one attached hydrogen (secondary N) is 2. The lowest BCUT2D eigenvalue weighted by Gasteiger charge is -2.12. The van der Waals surface area contributed by atoms with Gasteiger partial charge in [0.15, 0.2) is 0 Å². The molecular formula is C18H21ClFN3O2S. The van der Waals surface area contributed by atoms with Gasteiger partial charge in [-0.1, -0.05) is 24.4 Å². The fraction of sp³-hybridized carbons (Fsp3) is 0.389. The Morgan fingerprint density at radius 2 is 1.96 bits per heavy atom. The normalized spacial score (nSPS) is 15.2. The van der Waals surface area contributed by atoms with Crippen LogP contribution < -0.4 is 10.0 Å². The summed E-state index contributed by atoms with van der Waals surface area (Å²) in [5.41, 5.74) is 1.52. The standard InChI is InChI=1S/C18H21ClFN3O2S/c19-16-10-15(5-6-17(16)20)22-11-14-7-8-21-18(9-14)23-26(24,25)12-13-3-1-2-4-13/h5-10,13,22H,1-4,11-12H2,(H,21,23). The van der Waals surface area contributed by atoms with E-state index in [1.54, 1.807) is 24.4 Å². The van der Waals surface area contributed by atoms with Gasteiger partial charge in [-0.05, 0) is 54.7 Å². The Labute approximate surface area is 158 Å². The van der Waals surface area contributed by atoms with Gasteiger partial charge in [-0.2, -0.15) is 0 Å². The summed E-state index contributed by atoms with van der Waals surface area (Å²) in [6.45, 7) is 0.432. The number of nitrogens with zero attached hydrogens (tertiary/aromatic N) is 1. The number of anilines is 2. The molecule has 8 heteroatoms. The van der Waals surface area contributed by atoms with E-state index in [4.69, 9.17) is 11.6 Å². The number of pyridine rings is 1. The second kappa shape index (κ2) is 8.22. The average Bonchev–Trinajstić information content (AvgIpc) is 3.08. The average molecular weight is 398 g/mol. The fourth-order valence-corrected chi connectivity index (χ4v) is 4.79. The molecule has 1 heterocycles. The Hall–Kier alpha value is -1.86. The smallest absolute Gasteiger partial charge is 0.234 e. The predicted molar refractivity (Wildman–Crippen MR) is 102 cm³/mol. The Kier molecular flexibility index (Phi) is 5.98. The van der Waals surface area contributed by atoms with Crippen molar-refractivity contribution in [3.05, 3.63) is 52.9 Å². The quantitative estimate of drug-likeness (QED) is 0.725. The second-order valence-electron chi connectivity index (χ2n) is 6.57. The summed E-state index contributed by atoms with van der Waals surface area (Å²) in [6, 6.07) is 7.86. The maximum atomic E-state index is 13.2. The highest BCUT2D eigenvalue weighted by Gasteiger charge is 2.22. The fourth-order valence-electron chi connectivity index (χ4n) is 3.14. The molecule has 1 saturated carbocycles. The molecule has 0 bridgehead atoms. The van der Waals surface area contributed by atoms with E-state index >= 15 is 0 Å². The summed E-state index contributed by atoms with van der Waals surface area (Å²) >= 11 is 5.76. The molecule has 0 aliphatic heterocycles. The second-order valence-corrected chi connectivity index (χ2v) is 8.74. The van der Waals surface area contributed by atoms with E-state index in [0.717, 1.165) is 31.2 Å².